The van der Waals surface area contributed by atoms with Crippen LogP contribution >= 0.6 is 0 Å². The number of benzene rings is 2. The molecule has 2 aromatic carbocycles. The molecule has 204 valence electrons. The fraction of sp³-hybridized carbons (Fsp3) is 0.261. The average Bonchev–Trinajstić information content (AvgIpc) is 3.68. The minimum atomic E-state index is -5.64. The summed E-state index contributed by atoms with van der Waals surface area (Å²) >= 11 is 0. The number of aromatic nitrogens is 1. The summed E-state index contributed by atoms with van der Waals surface area (Å²) in [6.45, 7) is 1.15. The van der Waals surface area contributed by atoms with E-state index in [1.54, 1.807) is 0 Å². The first-order valence-corrected chi connectivity index (χ1v) is 15.5. The molecule has 1 heterocycles. The molecule has 1 fully saturated rings. The number of sulfone groups is 2. The Labute approximate surface area is 217 Å². The summed E-state index contributed by atoms with van der Waals surface area (Å²) in [5, 5.41) is 9.54. The van der Waals surface area contributed by atoms with E-state index in [1.165, 1.54) is 35.1 Å². The molecule has 1 aliphatic rings. The minimum absolute atomic E-state index is 0.0410. The molecule has 1 atom stereocenters. The molecule has 0 bridgehead atoms. The first-order chi connectivity index (χ1) is 17.6. The molecule has 0 amide bonds. The van der Waals surface area contributed by atoms with Gasteiger partial charge in [-0.15, -0.1) is 0 Å². The molecule has 0 unspecified atom stereocenters. The smallest absolute Gasteiger partial charge is 0.284 e. The predicted molar refractivity (Wildman–Crippen MR) is 126 cm³/mol. The zero-order valence-corrected chi connectivity index (χ0v) is 22.1. The lowest BCUT2D eigenvalue weighted by Gasteiger charge is -2.17. The van der Waals surface area contributed by atoms with E-state index in [-0.39, 0.29) is 16.4 Å². The summed E-state index contributed by atoms with van der Waals surface area (Å²) in [6, 6.07) is 10.8. The third-order valence-electron chi connectivity index (χ3n) is 6.00. The van der Waals surface area contributed by atoms with Gasteiger partial charge in [0.15, 0.2) is 0 Å². The summed E-state index contributed by atoms with van der Waals surface area (Å²) in [5.41, 5.74) is -4.85. The second kappa shape index (κ2) is 9.63. The van der Waals surface area contributed by atoms with Crippen molar-refractivity contribution in [2.75, 3.05) is 0 Å². The maximum Gasteiger partial charge on any atom is 0.511 e. The van der Waals surface area contributed by atoms with Crippen molar-refractivity contribution in [3.63, 3.8) is 0 Å². The van der Waals surface area contributed by atoms with Crippen molar-refractivity contribution >= 4 is 29.7 Å². The summed E-state index contributed by atoms with van der Waals surface area (Å²) in [7, 11) is -14.7. The molecule has 0 radical (unpaired) electrons. The van der Waals surface area contributed by atoms with E-state index >= 15 is 0 Å². The van der Waals surface area contributed by atoms with Crippen LogP contribution in [0.1, 0.15) is 42.9 Å². The summed E-state index contributed by atoms with van der Waals surface area (Å²) < 4.78 is 117. The van der Waals surface area contributed by atoms with Gasteiger partial charge in [0.25, 0.3) is 9.84 Å². The Morgan fingerprint density at radius 2 is 1.53 bits per heavy atom. The maximum atomic E-state index is 13.6. The highest BCUT2D eigenvalue weighted by Crippen LogP contribution is 2.42. The van der Waals surface area contributed by atoms with E-state index < -0.39 is 56.1 Å². The van der Waals surface area contributed by atoms with Gasteiger partial charge in [-0.3, -0.25) is 5.21 Å². The molecule has 0 saturated heterocycles. The Kier molecular flexibility index (Phi) is 7.10. The molecule has 0 aliphatic heterocycles. The van der Waals surface area contributed by atoms with Crippen LogP contribution in [0.2, 0.25) is 0 Å². The summed E-state index contributed by atoms with van der Waals surface area (Å²) in [4.78, 5) is -1.46. The van der Waals surface area contributed by atoms with Crippen molar-refractivity contribution in [3.05, 3.63) is 78.0 Å². The van der Waals surface area contributed by atoms with Crippen LogP contribution in [0.15, 0.2) is 86.6 Å². The first-order valence-electron chi connectivity index (χ1n) is 11.1. The number of pyridine rings is 1. The molecule has 1 aliphatic carbocycles. The third-order valence-corrected chi connectivity index (χ3v) is 11.0. The van der Waals surface area contributed by atoms with Crippen molar-refractivity contribution in [1.29, 1.82) is 0 Å². The zero-order valence-electron chi connectivity index (χ0n) is 19.6. The van der Waals surface area contributed by atoms with Gasteiger partial charge in [-0.05, 0) is 67.1 Å². The quantitative estimate of drug-likeness (QED) is 0.303. The highest BCUT2D eigenvalue weighted by Gasteiger charge is 2.46. The van der Waals surface area contributed by atoms with E-state index in [1.807, 2.05) is 0 Å². The molecular formula is C23H22F3N2O7S3+. The van der Waals surface area contributed by atoms with Crippen LogP contribution in [-0.4, -0.2) is 36.0 Å². The van der Waals surface area contributed by atoms with Crippen LogP contribution in [0, 0.1) is 0 Å². The normalized spacial score (nSPS) is 15.8. The Hall–Kier alpha value is -3.01. The summed E-state index contributed by atoms with van der Waals surface area (Å²) in [5.74, 6) is 0.0824. The van der Waals surface area contributed by atoms with E-state index in [0.29, 0.717) is 10.3 Å². The molecule has 0 spiro atoms. The van der Waals surface area contributed by atoms with Crippen molar-refractivity contribution in [2.24, 2.45) is 0 Å². The van der Waals surface area contributed by atoms with E-state index in [0.717, 1.165) is 56.3 Å². The maximum absolute atomic E-state index is 13.6. The van der Waals surface area contributed by atoms with Crippen LogP contribution in [0.3, 0.4) is 0 Å². The number of rotatable bonds is 8. The SMILES string of the molecule is C[C@H](NS(=O)(=O)C(F)(F)F)c1ccc(S(=O)(=O)c2ccc(C3CC3)cc2S(=O)(=O)c2cccc[n+]2O)cc1. The summed E-state index contributed by atoms with van der Waals surface area (Å²) in [6.07, 6.45) is 2.71. The fourth-order valence-corrected chi connectivity index (χ4v) is 7.93. The number of nitrogens with zero attached hydrogens (tertiary/aromatic N) is 1. The number of hydrogen-bond donors (Lipinski definition) is 2. The van der Waals surface area contributed by atoms with Gasteiger partial charge in [-0.1, -0.05) is 18.2 Å². The Bertz CT molecular complexity index is 1700. The van der Waals surface area contributed by atoms with Gasteiger partial charge in [-0.25, -0.2) is 30.0 Å². The second-order valence-corrected chi connectivity index (χ2v) is 14.2. The van der Waals surface area contributed by atoms with Crippen LogP contribution < -0.4 is 9.45 Å². The van der Waals surface area contributed by atoms with Crippen molar-refractivity contribution in [2.45, 2.75) is 56.9 Å². The number of nitrogens with one attached hydrogen (secondary N) is 1. The molecular weight excluding hydrogens is 569 g/mol. The molecule has 38 heavy (non-hydrogen) atoms. The number of halogens is 3. The lowest BCUT2D eigenvalue weighted by molar-refractivity contribution is -0.933. The topological polar surface area (TPSA) is 139 Å². The first kappa shape index (κ1) is 28.0. The average molecular weight is 592 g/mol. The molecule has 1 aromatic heterocycles. The van der Waals surface area contributed by atoms with Crippen molar-refractivity contribution < 1.29 is 48.4 Å². The number of alkyl halides is 3. The van der Waals surface area contributed by atoms with Crippen molar-refractivity contribution in [3.8, 4) is 0 Å². The van der Waals surface area contributed by atoms with Gasteiger partial charge in [0.1, 0.15) is 0 Å². The molecule has 9 nitrogen and oxygen atoms in total. The largest absolute Gasteiger partial charge is 0.511 e. The molecule has 2 N–H and O–H groups in total. The van der Waals surface area contributed by atoms with Gasteiger partial charge in [0, 0.05) is 22.9 Å². The highest BCUT2D eigenvalue weighted by atomic mass is 32.2. The lowest BCUT2D eigenvalue weighted by atomic mass is 10.1. The second-order valence-electron chi connectivity index (χ2n) is 8.73. The third kappa shape index (κ3) is 5.28. The van der Waals surface area contributed by atoms with Crippen LogP contribution in [0.5, 0.6) is 0 Å². The fourth-order valence-electron chi connectivity index (χ4n) is 3.80. The van der Waals surface area contributed by atoms with E-state index in [9.17, 15) is 43.6 Å². The van der Waals surface area contributed by atoms with Gasteiger partial charge in [-0.2, -0.15) is 13.2 Å². The van der Waals surface area contributed by atoms with Crippen LogP contribution in [-0.2, 0) is 29.7 Å². The minimum Gasteiger partial charge on any atom is -0.284 e. The Morgan fingerprint density at radius 3 is 2.08 bits per heavy atom. The van der Waals surface area contributed by atoms with Crippen LogP contribution in [0.4, 0.5) is 13.2 Å². The van der Waals surface area contributed by atoms with Crippen molar-refractivity contribution in [1.82, 2.24) is 4.72 Å². The molecule has 15 heteroatoms. The van der Waals surface area contributed by atoms with Gasteiger partial charge < -0.3 is 0 Å². The Balaban J connectivity index is 1.76. The molecule has 1 saturated carbocycles. The standard InChI is InChI=1S/C23H22F3N2O7S3/c1-15(27-38(34,35)23(24,25)26)16-7-10-19(11-8-16)36(30,31)20-12-9-18(17-5-6-17)14-21(20)37(32,33)22-4-2-3-13-28(22)29/h2-4,7-15,17,27,29H,5-6H2,1H3/q+1/t15-/m0/s1. The lowest BCUT2D eigenvalue weighted by Crippen LogP contribution is -2.37. The monoisotopic (exact) mass is 591 g/mol. The van der Waals surface area contributed by atoms with E-state index in [4.69, 9.17) is 0 Å². The van der Waals surface area contributed by atoms with E-state index in [2.05, 4.69) is 0 Å². The predicted octanol–water partition coefficient (Wildman–Crippen LogP) is 3.25. The van der Waals surface area contributed by atoms with Crippen LogP contribution in [0.25, 0.3) is 0 Å². The van der Waals surface area contributed by atoms with Gasteiger partial charge in [0.05, 0.1) is 14.7 Å². The Morgan fingerprint density at radius 1 is 0.895 bits per heavy atom. The van der Waals surface area contributed by atoms with Gasteiger partial charge in [0.2, 0.25) is 16.0 Å². The highest BCUT2D eigenvalue weighted by molar-refractivity contribution is 7.94. The zero-order chi connectivity index (χ0) is 28.1. The number of hydrogen-bond acceptors (Lipinski definition) is 7. The molecule has 4 rings (SSSR count). The number of sulfonamides is 1. The van der Waals surface area contributed by atoms with Gasteiger partial charge >= 0.3 is 20.6 Å². The molecule has 3 aromatic rings.